The minimum Gasteiger partial charge on any atom is -0.463 e. The molecule has 1 aliphatic heterocycles. The Morgan fingerprint density at radius 1 is 1.11 bits per heavy atom. The molecule has 0 amide bonds. The highest BCUT2D eigenvalue weighted by Gasteiger charge is 2.51. The summed E-state index contributed by atoms with van der Waals surface area (Å²) < 4.78 is 24.3. The average Bonchev–Trinajstić information content (AvgIpc) is 3.30. The molecule has 0 radical (unpaired) electrons. The lowest BCUT2D eigenvalue weighted by Gasteiger charge is -2.24. The molecular weight excluding hydrogens is 478 g/mol. The van der Waals surface area contributed by atoms with Crippen LogP contribution in [-0.4, -0.2) is 68.9 Å². The minimum atomic E-state index is -1.05. The second-order valence-electron chi connectivity index (χ2n) is 8.21. The zero-order valence-electron chi connectivity index (χ0n) is 20.2. The number of carbonyl (C=O) groups is 3. The highest BCUT2D eigenvalue weighted by Crippen LogP contribution is 2.38. The van der Waals surface area contributed by atoms with Gasteiger partial charge < -0.3 is 29.2 Å². The number of nitrogens with one attached hydrogen (secondary N) is 2. The molecule has 1 fully saturated rings. The summed E-state index contributed by atoms with van der Waals surface area (Å²) >= 11 is 5.36. The smallest absolute Gasteiger partial charge is 0.303 e. The van der Waals surface area contributed by atoms with Gasteiger partial charge in [0.15, 0.2) is 23.1 Å². The molecule has 0 spiro atoms. The van der Waals surface area contributed by atoms with Gasteiger partial charge in [0.05, 0.1) is 6.33 Å². The van der Waals surface area contributed by atoms with Gasteiger partial charge in [0, 0.05) is 27.3 Å². The van der Waals surface area contributed by atoms with Crippen LogP contribution in [0.3, 0.4) is 0 Å². The van der Waals surface area contributed by atoms with Gasteiger partial charge >= 0.3 is 17.9 Å². The maximum atomic E-state index is 12.0. The van der Waals surface area contributed by atoms with E-state index in [9.17, 15) is 14.4 Å². The monoisotopic (exact) mass is 509 g/mol. The van der Waals surface area contributed by atoms with Crippen molar-refractivity contribution < 1.29 is 33.3 Å². The number of aromatic nitrogens is 4. The van der Waals surface area contributed by atoms with Crippen LogP contribution in [0.1, 0.15) is 59.6 Å². The first-order valence-corrected chi connectivity index (χ1v) is 12.0. The van der Waals surface area contributed by atoms with E-state index in [2.05, 4.69) is 27.2 Å². The lowest BCUT2D eigenvalue weighted by Crippen LogP contribution is -2.40. The van der Waals surface area contributed by atoms with Crippen molar-refractivity contribution in [1.29, 1.82) is 0 Å². The highest BCUT2D eigenvalue weighted by atomic mass is 32.1. The minimum absolute atomic E-state index is 0.203. The first-order valence-electron chi connectivity index (χ1n) is 11.6. The number of rotatable bonds is 11. The molecule has 1 aliphatic rings. The van der Waals surface area contributed by atoms with Gasteiger partial charge in [-0.25, -0.2) is 9.97 Å². The lowest BCUT2D eigenvalue weighted by atomic mass is 10.1. The fourth-order valence-corrected chi connectivity index (χ4v) is 4.15. The molecule has 0 unspecified atom stereocenters. The van der Waals surface area contributed by atoms with Crippen molar-refractivity contribution in [3.8, 4) is 0 Å². The summed E-state index contributed by atoms with van der Waals surface area (Å²) in [4.78, 5) is 47.1. The van der Waals surface area contributed by atoms with Crippen LogP contribution in [0.15, 0.2) is 6.33 Å². The second kappa shape index (κ2) is 12.1. The molecule has 12 nitrogen and oxygen atoms in total. The Morgan fingerprint density at radius 2 is 1.83 bits per heavy atom. The molecule has 2 aromatic rings. The number of anilines is 1. The van der Waals surface area contributed by atoms with Gasteiger partial charge in [-0.2, -0.15) is 0 Å². The number of H-pyrrole nitrogens is 1. The van der Waals surface area contributed by atoms with Crippen molar-refractivity contribution in [1.82, 2.24) is 19.5 Å². The van der Waals surface area contributed by atoms with Gasteiger partial charge in [0.2, 0.25) is 5.95 Å². The number of esters is 3. The SMILES string of the molecule is CCCCCCNc1nc2c(=S)nc[nH]c2n1[C@@H]1O[C@H](COC(C)=O)[C@@H](OC(C)=O)[C@H]1OC(C)=O. The summed E-state index contributed by atoms with van der Waals surface area (Å²) in [7, 11) is 0. The van der Waals surface area contributed by atoms with Crippen LogP contribution < -0.4 is 5.32 Å². The number of aromatic amines is 1. The Bertz CT molecular complexity index is 1120. The van der Waals surface area contributed by atoms with Gasteiger partial charge in [0.1, 0.15) is 23.9 Å². The maximum Gasteiger partial charge on any atom is 0.303 e. The highest BCUT2D eigenvalue weighted by molar-refractivity contribution is 7.71. The quantitative estimate of drug-likeness (QED) is 0.199. The molecule has 2 aromatic heterocycles. The zero-order chi connectivity index (χ0) is 25.5. The van der Waals surface area contributed by atoms with Crippen LogP contribution in [-0.2, 0) is 33.3 Å². The fourth-order valence-electron chi connectivity index (χ4n) is 3.96. The predicted octanol–water partition coefficient (Wildman–Crippen LogP) is 2.80. The van der Waals surface area contributed by atoms with Gasteiger partial charge in [0.25, 0.3) is 0 Å². The van der Waals surface area contributed by atoms with Crippen LogP contribution in [0.2, 0.25) is 0 Å². The fraction of sp³-hybridized carbons (Fsp3) is 0.636. The molecule has 192 valence electrons. The Hall–Kier alpha value is -3.06. The van der Waals surface area contributed by atoms with E-state index in [1.165, 1.54) is 27.1 Å². The molecular formula is C22H31N5O7S. The summed E-state index contributed by atoms with van der Waals surface area (Å²) in [6.45, 7) is 6.31. The molecule has 3 heterocycles. The van der Waals surface area contributed by atoms with E-state index in [1.807, 2.05) is 0 Å². The standard InChI is InChI=1S/C22H31N5O7S/c1-5-6-7-8-9-23-22-26-16-19(24-11-25-20(16)35)27(22)21-18(33-14(4)30)17(32-13(3)29)15(34-21)10-31-12(2)28/h11,15,17-18,21H,5-10H2,1-4H3,(H,23,26)(H,24,25,35)/t15-,17-,18-,21-/m1/s1. The van der Waals surface area contributed by atoms with E-state index in [4.69, 9.17) is 31.2 Å². The van der Waals surface area contributed by atoms with E-state index >= 15 is 0 Å². The van der Waals surface area contributed by atoms with Crippen LogP contribution in [0.4, 0.5) is 5.95 Å². The third-order valence-electron chi connectivity index (χ3n) is 5.41. The largest absolute Gasteiger partial charge is 0.463 e. The molecule has 13 heteroatoms. The van der Waals surface area contributed by atoms with Crippen LogP contribution >= 0.6 is 12.2 Å². The van der Waals surface area contributed by atoms with E-state index in [0.29, 0.717) is 23.7 Å². The summed E-state index contributed by atoms with van der Waals surface area (Å²) in [6, 6.07) is 0. The van der Waals surface area contributed by atoms with Crippen molar-refractivity contribution in [2.24, 2.45) is 0 Å². The Labute approximate surface area is 207 Å². The van der Waals surface area contributed by atoms with Crippen molar-refractivity contribution in [2.75, 3.05) is 18.5 Å². The third kappa shape index (κ3) is 6.54. The van der Waals surface area contributed by atoms with Crippen molar-refractivity contribution >= 4 is 47.2 Å². The van der Waals surface area contributed by atoms with Gasteiger partial charge in [-0.3, -0.25) is 19.0 Å². The molecule has 0 aliphatic carbocycles. The van der Waals surface area contributed by atoms with Crippen molar-refractivity contribution in [3.63, 3.8) is 0 Å². The second-order valence-corrected chi connectivity index (χ2v) is 8.60. The Morgan fingerprint density at radius 3 is 2.49 bits per heavy atom. The topological polar surface area (TPSA) is 147 Å². The molecule has 2 N–H and O–H groups in total. The van der Waals surface area contributed by atoms with Crippen LogP contribution in [0, 0.1) is 4.64 Å². The molecule has 0 aromatic carbocycles. The number of hydrogen-bond donors (Lipinski definition) is 2. The zero-order valence-corrected chi connectivity index (χ0v) is 21.1. The van der Waals surface area contributed by atoms with Crippen molar-refractivity contribution in [2.45, 2.75) is 77.9 Å². The molecule has 0 bridgehead atoms. The number of carbonyl (C=O) groups excluding carboxylic acids is 3. The molecule has 4 atom stereocenters. The number of fused-ring (bicyclic) bond motifs is 1. The van der Waals surface area contributed by atoms with Crippen LogP contribution in [0.5, 0.6) is 0 Å². The Kier molecular flexibility index (Phi) is 9.15. The third-order valence-corrected chi connectivity index (χ3v) is 5.70. The predicted molar refractivity (Wildman–Crippen MR) is 127 cm³/mol. The molecule has 1 saturated heterocycles. The van der Waals surface area contributed by atoms with E-state index < -0.39 is 42.4 Å². The summed E-state index contributed by atoms with van der Waals surface area (Å²) in [5.41, 5.74) is 0.911. The van der Waals surface area contributed by atoms with Gasteiger partial charge in [-0.1, -0.05) is 38.4 Å². The normalized spacial score (nSPS) is 21.6. The number of ether oxygens (including phenoxy) is 4. The first-order chi connectivity index (χ1) is 16.7. The van der Waals surface area contributed by atoms with Gasteiger partial charge in [-0.05, 0) is 6.42 Å². The van der Waals surface area contributed by atoms with E-state index in [0.717, 1.165) is 25.7 Å². The van der Waals surface area contributed by atoms with Gasteiger partial charge in [-0.15, -0.1) is 0 Å². The molecule has 35 heavy (non-hydrogen) atoms. The van der Waals surface area contributed by atoms with Crippen molar-refractivity contribution in [3.05, 3.63) is 11.0 Å². The van der Waals surface area contributed by atoms with Crippen LogP contribution in [0.25, 0.3) is 11.2 Å². The number of nitrogens with zero attached hydrogens (tertiary/aromatic N) is 3. The molecule has 0 saturated carbocycles. The summed E-state index contributed by atoms with van der Waals surface area (Å²) in [6.07, 6.45) is 1.70. The molecule has 3 rings (SSSR count). The Balaban J connectivity index is 2.04. The van der Waals surface area contributed by atoms with E-state index in [-0.39, 0.29) is 11.2 Å². The first kappa shape index (κ1) is 26.5. The van der Waals surface area contributed by atoms with E-state index in [1.54, 1.807) is 4.57 Å². The average molecular weight is 510 g/mol. The number of unbranched alkanes of at least 4 members (excludes halogenated alkanes) is 3. The lowest BCUT2D eigenvalue weighted by molar-refractivity contribution is -0.166. The maximum absolute atomic E-state index is 12.0. The number of imidazole rings is 1. The summed E-state index contributed by atoms with van der Waals surface area (Å²) in [5.74, 6) is -1.30. The summed E-state index contributed by atoms with van der Waals surface area (Å²) in [5, 5.41) is 3.30. The number of hydrogen-bond acceptors (Lipinski definition) is 11.